The Morgan fingerprint density at radius 3 is 1.52 bits per heavy atom. The van der Waals surface area contributed by atoms with Crippen molar-refractivity contribution in [1.29, 1.82) is 0 Å². The van der Waals surface area contributed by atoms with Gasteiger partial charge in [0.2, 0.25) is 0 Å². The SMILES string of the molecule is CCC1OC(=O)CC[C@@H](OC(C)=O)[C@H](OC(C)=O)C[C@H](OC(C)=O)CC(=O)C[C@H](OC(C)=O)[C@](C)(O)C(OC(C)=O)CC(O[C@@H]2O[C@H](C)[C@@H](OC(C)=O)[C@H](OC(C)=O)[C@@H]2OC(C)=O)/C=C/C=C/C=C/C=C/C=C/C(C)C(O[C@H]2C[C@@H](OC(C)=O)[C@@H](OC)[C@H](C)O2)C1C. The van der Waals surface area contributed by atoms with Gasteiger partial charge in [-0.3, -0.25) is 52.7 Å². The lowest BCUT2D eigenvalue weighted by Gasteiger charge is -2.44. The topological polar surface area (TPSA) is 346 Å². The smallest absolute Gasteiger partial charge is 0.306 e. The zero-order valence-corrected chi connectivity index (χ0v) is 55.5. The molecule has 6 unspecified atom stereocenters. The van der Waals surface area contributed by atoms with Crippen LogP contribution in [-0.2, 0) is 124 Å². The van der Waals surface area contributed by atoms with Gasteiger partial charge < -0.3 is 76.2 Å². The van der Waals surface area contributed by atoms with E-state index < -0.39 is 213 Å². The third-order valence-electron chi connectivity index (χ3n) is 15.0. The van der Waals surface area contributed by atoms with Crippen LogP contribution in [-0.4, -0.2) is 187 Å². The van der Waals surface area contributed by atoms with Crippen LogP contribution in [0.5, 0.6) is 0 Å². The molecule has 27 nitrogen and oxygen atoms in total. The Balaban J connectivity index is 2.31. The predicted octanol–water partition coefficient (Wildman–Crippen LogP) is 6.09. The van der Waals surface area contributed by atoms with Crippen LogP contribution in [0.15, 0.2) is 60.8 Å². The molecule has 1 N–H and O–H groups in total. The molecule has 516 valence electrons. The maximum Gasteiger partial charge on any atom is 0.306 e. The number of ether oxygens (including phenoxy) is 15. The van der Waals surface area contributed by atoms with E-state index in [0.717, 1.165) is 62.3 Å². The summed E-state index contributed by atoms with van der Waals surface area (Å²) < 4.78 is 87.9. The summed E-state index contributed by atoms with van der Waals surface area (Å²) in [7, 11) is 1.48. The van der Waals surface area contributed by atoms with E-state index in [4.69, 9.17) is 71.1 Å². The Labute approximate surface area is 537 Å². The van der Waals surface area contributed by atoms with E-state index in [9.17, 15) is 57.8 Å². The highest BCUT2D eigenvalue weighted by molar-refractivity contribution is 5.81. The number of hydrogen-bond acceptors (Lipinski definition) is 27. The first-order chi connectivity index (χ1) is 43.1. The van der Waals surface area contributed by atoms with E-state index in [0.29, 0.717) is 6.42 Å². The van der Waals surface area contributed by atoms with Gasteiger partial charge in [-0.05, 0) is 33.6 Å². The maximum absolute atomic E-state index is 14.4. The van der Waals surface area contributed by atoms with E-state index in [-0.39, 0.29) is 18.8 Å². The van der Waals surface area contributed by atoms with Crippen molar-refractivity contribution in [1.82, 2.24) is 0 Å². The second kappa shape index (κ2) is 38.7. The second-order valence-electron chi connectivity index (χ2n) is 23.0. The van der Waals surface area contributed by atoms with E-state index in [1.807, 2.05) is 26.8 Å². The Morgan fingerprint density at radius 2 is 0.989 bits per heavy atom. The Morgan fingerprint density at radius 1 is 0.511 bits per heavy atom. The minimum absolute atomic E-state index is 0.112. The van der Waals surface area contributed by atoms with Gasteiger partial charge in [0.15, 0.2) is 30.9 Å². The summed E-state index contributed by atoms with van der Waals surface area (Å²) in [6.07, 6.45) is -6.91. The van der Waals surface area contributed by atoms with Crippen molar-refractivity contribution < 1.29 is 129 Å². The number of carbonyl (C=O) groups excluding carboxylic acids is 11. The third kappa shape index (κ3) is 27.2. The van der Waals surface area contributed by atoms with Gasteiger partial charge in [-0.2, -0.15) is 0 Å². The number of carbonyl (C=O) groups is 11. The molecule has 2 saturated heterocycles. The lowest BCUT2D eigenvalue weighted by Crippen LogP contribution is -2.61. The molecule has 92 heavy (non-hydrogen) atoms. The molecule has 0 saturated carbocycles. The molecule has 3 aliphatic rings. The molecular weight excluding hydrogens is 1210 g/mol. The Bertz CT molecular complexity index is 2660. The van der Waals surface area contributed by atoms with Crippen molar-refractivity contribution in [2.24, 2.45) is 11.8 Å². The number of rotatable bonds is 15. The molecule has 0 amide bonds. The lowest BCUT2D eigenvalue weighted by molar-refractivity contribution is -0.308. The fraction of sp³-hybridized carbons (Fsp3) is 0.677. The minimum Gasteiger partial charge on any atom is -0.462 e. The number of allylic oxidation sites excluding steroid dienone is 8. The van der Waals surface area contributed by atoms with Crippen LogP contribution in [0, 0.1) is 11.8 Å². The summed E-state index contributed by atoms with van der Waals surface area (Å²) in [6.45, 7) is 19.6. The molecule has 3 rings (SSSR count). The largest absolute Gasteiger partial charge is 0.462 e. The first-order valence-electron chi connectivity index (χ1n) is 30.6. The van der Waals surface area contributed by atoms with Crippen LogP contribution in [0.1, 0.15) is 155 Å². The van der Waals surface area contributed by atoms with Crippen LogP contribution in [0.4, 0.5) is 0 Å². The summed E-state index contributed by atoms with van der Waals surface area (Å²) in [6, 6.07) is 0. The molecule has 0 aromatic carbocycles. The zero-order valence-electron chi connectivity index (χ0n) is 55.5. The van der Waals surface area contributed by atoms with Crippen LogP contribution in [0.25, 0.3) is 0 Å². The van der Waals surface area contributed by atoms with Gasteiger partial charge in [0.1, 0.15) is 60.2 Å². The normalized spacial score (nSPS) is 35.0. The number of Topliss-reactive ketones (excluding diaryl/α,β-unsaturated/α-hetero) is 1. The van der Waals surface area contributed by atoms with Gasteiger partial charge in [-0.25, -0.2) is 0 Å². The van der Waals surface area contributed by atoms with Gasteiger partial charge in [-0.1, -0.05) is 81.5 Å². The Kier molecular flexibility index (Phi) is 33.3. The van der Waals surface area contributed by atoms with Crippen LogP contribution < -0.4 is 0 Å². The first kappa shape index (κ1) is 79.1. The molecule has 3 heterocycles. The Hall–Kier alpha value is -7.17. The number of ketones is 1. The minimum atomic E-state index is -2.50. The van der Waals surface area contributed by atoms with Crippen LogP contribution in [0.3, 0.4) is 0 Å². The molecule has 0 radical (unpaired) electrons. The standard InChI is InChI=1S/C65H94O27/c1-17-51-36(3)59(92-58-34-54(84-42(9)69)60(78-16)37(4)79-58)35(2)26-24-22-20-18-19-21-23-25-27-49(90-64-63(89-47(14)74)62(88-46(13)73)61(38(5)80-64)87-45(12)72)33-56(86-44(11)71)65(15,77)55(85-43(10)70)31-48(75)30-50(81-39(6)66)32-53(83-41(8)68)52(82-40(7)67)28-29-57(76)91-51/h18-27,35-38,49-56,58-64,77H,17,28-34H2,1-16H3/b19-18+,22-20+,23-21+,26-24+,27-25+/t35?,36?,37-,38+,49?,50+,51?,52+,53+,54+,55-,56?,58-,59?,60-,61+,62-,63-,64-,65-/m0/s1. The molecule has 0 spiro atoms. The van der Waals surface area contributed by atoms with Gasteiger partial charge >= 0.3 is 59.7 Å². The van der Waals surface area contributed by atoms with Crippen LogP contribution in [0.2, 0.25) is 0 Å². The predicted molar refractivity (Wildman–Crippen MR) is 321 cm³/mol. The average Bonchev–Trinajstić information content (AvgIpc) is 0.823. The molecule has 27 heteroatoms. The average molecular weight is 1310 g/mol. The van der Waals surface area contributed by atoms with Crippen LogP contribution >= 0.6 is 0 Å². The van der Waals surface area contributed by atoms with Crippen molar-refractivity contribution in [3.05, 3.63) is 60.8 Å². The van der Waals surface area contributed by atoms with Gasteiger partial charge in [0, 0.05) is 120 Å². The quantitative estimate of drug-likeness (QED) is 0.143. The summed E-state index contributed by atoms with van der Waals surface area (Å²) in [4.78, 5) is 142. The number of hydrogen-bond donors (Lipinski definition) is 1. The monoisotopic (exact) mass is 1310 g/mol. The number of aliphatic hydroxyl groups is 1. The fourth-order valence-electron chi connectivity index (χ4n) is 11.1. The van der Waals surface area contributed by atoms with Crippen molar-refractivity contribution >= 4 is 65.5 Å². The van der Waals surface area contributed by atoms with Crippen molar-refractivity contribution in [3.63, 3.8) is 0 Å². The summed E-state index contributed by atoms with van der Waals surface area (Å²) in [5.74, 6) is -10.1. The molecule has 20 atom stereocenters. The first-order valence-corrected chi connectivity index (χ1v) is 30.6. The molecule has 0 aromatic heterocycles. The number of cyclic esters (lactones) is 1. The van der Waals surface area contributed by atoms with Gasteiger partial charge in [0.05, 0.1) is 24.4 Å². The lowest BCUT2D eigenvalue weighted by atomic mass is 9.85. The summed E-state index contributed by atoms with van der Waals surface area (Å²) in [5, 5.41) is 12.6. The maximum atomic E-state index is 14.4. The van der Waals surface area contributed by atoms with Gasteiger partial charge in [0.25, 0.3) is 0 Å². The summed E-state index contributed by atoms with van der Waals surface area (Å²) >= 11 is 0. The number of methoxy groups -OCH3 is 1. The molecular formula is C65H94O27. The highest BCUT2D eigenvalue weighted by Gasteiger charge is 2.53. The molecule has 3 aliphatic heterocycles. The summed E-state index contributed by atoms with van der Waals surface area (Å²) in [5.41, 5.74) is -2.50. The van der Waals surface area contributed by atoms with E-state index >= 15 is 0 Å². The second-order valence-corrected chi connectivity index (χ2v) is 23.0. The van der Waals surface area contributed by atoms with E-state index in [2.05, 4.69) is 0 Å². The highest BCUT2D eigenvalue weighted by atomic mass is 16.7. The van der Waals surface area contributed by atoms with E-state index in [1.54, 1.807) is 49.5 Å². The molecule has 2 fully saturated rings. The van der Waals surface area contributed by atoms with Crippen molar-refractivity contribution in [2.45, 2.75) is 265 Å². The zero-order chi connectivity index (χ0) is 69.2. The van der Waals surface area contributed by atoms with Crippen molar-refractivity contribution in [2.75, 3.05) is 7.11 Å². The van der Waals surface area contributed by atoms with Gasteiger partial charge in [-0.15, -0.1) is 0 Å². The molecule has 0 bridgehead atoms. The fourth-order valence-corrected chi connectivity index (χ4v) is 11.1. The molecule has 0 aromatic rings. The number of esters is 10. The van der Waals surface area contributed by atoms with E-state index in [1.165, 1.54) is 33.1 Å². The highest BCUT2D eigenvalue weighted by Crippen LogP contribution is 2.36. The molecule has 0 aliphatic carbocycles. The third-order valence-corrected chi connectivity index (χ3v) is 15.0. The van der Waals surface area contributed by atoms with Crippen molar-refractivity contribution in [3.8, 4) is 0 Å².